The van der Waals surface area contributed by atoms with Crippen LogP contribution in [0.3, 0.4) is 0 Å². The fourth-order valence-corrected chi connectivity index (χ4v) is 4.17. The minimum Gasteiger partial charge on any atom is -0.352 e. The van der Waals surface area contributed by atoms with Gasteiger partial charge in [-0.25, -0.2) is 15.0 Å². The highest BCUT2D eigenvalue weighted by molar-refractivity contribution is 7.09. The molecule has 0 aliphatic carbocycles. The summed E-state index contributed by atoms with van der Waals surface area (Å²) in [5, 5.41) is 6.07. The fraction of sp³-hybridized carbons (Fsp3) is 0.120. The lowest BCUT2D eigenvalue weighted by molar-refractivity contribution is -0.120. The molecule has 3 aromatic heterocycles. The Balaban J connectivity index is 1.18. The highest BCUT2D eigenvalue weighted by Crippen LogP contribution is 2.22. The third kappa shape index (κ3) is 4.29. The number of nitrogens with one attached hydrogen (secondary N) is 1. The van der Waals surface area contributed by atoms with E-state index in [1.165, 1.54) is 0 Å². The first-order valence-electron chi connectivity index (χ1n) is 10.3. The molecule has 2 aromatic carbocycles. The fourth-order valence-electron chi connectivity index (χ4n) is 3.54. The van der Waals surface area contributed by atoms with Gasteiger partial charge in [0.2, 0.25) is 5.91 Å². The molecule has 32 heavy (non-hydrogen) atoms. The van der Waals surface area contributed by atoms with E-state index in [2.05, 4.69) is 20.3 Å². The topological polar surface area (TPSA) is 72.7 Å². The van der Waals surface area contributed by atoms with Crippen molar-refractivity contribution in [2.45, 2.75) is 19.9 Å². The minimum atomic E-state index is -0.0214. The molecule has 0 aliphatic rings. The Morgan fingerprint density at radius 2 is 1.81 bits per heavy atom. The van der Waals surface area contributed by atoms with Crippen LogP contribution in [-0.4, -0.2) is 25.4 Å². The molecule has 0 radical (unpaired) electrons. The monoisotopic (exact) mass is 439 g/mol. The first kappa shape index (κ1) is 20.1. The van der Waals surface area contributed by atoms with Gasteiger partial charge in [-0.15, -0.1) is 11.3 Å². The predicted molar refractivity (Wildman–Crippen MR) is 127 cm³/mol. The molecule has 6 nitrogen and oxygen atoms in total. The normalized spacial score (nSPS) is 11.0. The van der Waals surface area contributed by atoms with E-state index in [-0.39, 0.29) is 5.91 Å². The van der Waals surface area contributed by atoms with E-state index in [0.717, 1.165) is 44.2 Å². The third-order valence-electron chi connectivity index (χ3n) is 5.23. The zero-order chi connectivity index (χ0) is 21.9. The first-order chi connectivity index (χ1) is 15.7. The number of benzene rings is 2. The average molecular weight is 440 g/mol. The summed E-state index contributed by atoms with van der Waals surface area (Å²) >= 11 is 1.63. The van der Waals surface area contributed by atoms with E-state index in [1.807, 2.05) is 77.5 Å². The Morgan fingerprint density at radius 3 is 2.56 bits per heavy atom. The quantitative estimate of drug-likeness (QED) is 0.416. The molecular weight excluding hydrogens is 418 g/mol. The molecule has 0 saturated heterocycles. The summed E-state index contributed by atoms with van der Waals surface area (Å²) in [5.74, 6) is 0.774. The Kier molecular flexibility index (Phi) is 5.47. The molecule has 1 amide bonds. The summed E-state index contributed by atoms with van der Waals surface area (Å²) in [7, 11) is 0. The van der Waals surface area contributed by atoms with Gasteiger partial charge in [-0.2, -0.15) is 0 Å². The zero-order valence-electron chi connectivity index (χ0n) is 17.5. The number of para-hydroxylation sites is 2. The van der Waals surface area contributed by atoms with Gasteiger partial charge < -0.3 is 5.32 Å². The molecule has 0 fully saturated rings. The van der Waals surface area contributed by atoms with Crippen molar-refractivity contribution >= 4 is 28.3 Å². The smallest absolute Gasteiger partial charge is 0.224 e. The summed E-state index contributed by atoms with van der Waals surface area (Å²) < 4.78 is 1.95. The average Bonchev–Trinajstić information content (AvgIpc) is 3.45. The molecular formula is C25H21N5OS. The number of rotatable bonds is 6. The molecule has 0 spiro atoms. The lowest BCUT2D eigenvalue weighted by Crippen LogP contribution is -2.24. The second-order valence-electron chi connectivity index (χ2n) is 7.53. The van der Waals surface area contributed by atoms with Crippen LogP contribution >= 0.6 is 11.3 Å². The van der Waals surface area contributed by atoms with Crippen LogP contribution in [0.4, 0.5) is 0 Å². The van der Waals surface area contributed by atoms with E-state index in [0.29, 0.717) is 13.0 Å². The van der Waals surface area contributed by atoms with Crippen LogP contribution in [0.1, 0.15) is 16.1 Å². The Morgan fingerprint density at radius 1 is 1.00 bits per heavy atom. The number of fused-ring (bicyclic) bond motifs is 1. The van der Waals surface area contributed by atoms with Gasteiger partial charge in [0.05, 0.1) is 28.2 Å². The number of pyridine rings is 1. The Hall–Kier alpha value is -3.84. The van der Waals surface area contributed by atoms with Crippen molar-refractivity contribution in [2.75, 3.05) is 0 Å². The van der Waals surface area contributed by atoms with Crippen molar-refractivity contribution in [3.8, 4) is 17.1 Å². The summed E-state index contributed by atoms with van der Waals surface area (Å²) in [6.07, 6.45) is 3.90. The van der Waals surface area contributed by atoms with Crippen molar-refractivity contribution in [3.05, 3.63) is 94.7 Å². The summed E-state index contributed by atoms with van der Waals surface area (Å²) in [6, 6.07) is 19.8. The molecule has 0 aliphatic heterocycles. The maximum absolute atomic E-state index is 12.4. The van der Waals surface area contributed by atoms with Gasteiger partial charge in [-0.3, -0.25) is 9.36 Å². The first-order valence-corrected chi connectivity index (χ1v) is 11.2. The number of amides is 1. The van der Waals surface area contributed by atoms with Crippen LogP contribution in [0.15, 0.2) is 78.6 Å². The lowest BCUT2D eigenvalue weighted by Gasteiger charge is -2.08. The van der Waals surface area contributed by atoms with Crippen molar-refractivity contribution < 1.29 is 4.79 Å². The van der Waals surface area contributed by atoms with Crippen LogP contribution in [0.25, 0.3) is 28.1 Å². The van der Waals surface area contributed by atoms with Crippen LogP contribution in [-0.2, 0) is 17.8 Å². The molecule has 0 unspecified atom stereocenters. The van der Waals surface area contributed by atoms with E-state index in [1.54, 1.807) is 23.9 Å². The van der Waals surface area contributed by atoms with Gasteiger partial charge in [0.25, 0.3) is 0 Å². The maximum atomic E-state index is 12.4. The number of nitrogens with zero attached hydrogens (tertiary/aromatic N) is 4. The van der Waals surface area contributed by atoms with E-state index >= 15 is 0 Å². The largest absolute Gasteiger partial charge is 0.352 e. The maximum Gasteiger partial charge on any atom is 0.224 e. The molecule has 0 bridgehead atoms. The SMILES string of the molecule is Cc1nc(-c2ccc(CC(=O)NCc3ccc(-n4cnc5ccccc54)nc3)cc2)cs1. The van der Waals surface area contributed by atoms with Crippen molar-refractivity contribution in [1.29, 1.82) is 0 Å². The van der Waals surface area contributed by atoms with Gasteiger partial charge in [-0.1, -0.05) is 42.5 Å². The summed E-state index contributed by atoms with van der Waals surface area (Å²) in [6.45, 7) is 2.43. The van der Waals surface area contributed by atoms with Crippen molar-refractivity contribution in [3.63, 3.8) is 0 Å². The van der Waals surface area contributed by atoms with Crippen LogP contribution in [0.5, 0.6) is 0 Å². The number of aromatic nitrogens is 4. The van der Waals surface area contributed by atoms with Gasteiger partial charge in [0, 0.05) is 23.7 Å². The number of carbonyl (C=O) groups is 1. The van der Waals surface area contributed by atoms with Gasteiger partial charge in [-0.05, 0) is 36.2 Å². The second kappa shape index (κ2) is 8.72. The molecule has 0 saturated carbocycles. The third-order valence-corrected chi connectivity index (χ3v) is 6.01. The van der Waals surface area contributed by atoms with E-state index in [4.69, 9.17) is 0 Å². The number of hydrogen-bond acceptors (Lipinski definition) is 5. The number of hydrogen-bond donors (Lipinski definition) is 1. The van der Waals surface area contributed by atoms with Crippen LogP contribution in [0.2, 0.25) is 0 Å². The van der Waals surface area contributed by atoms with Crippen LogP contribution in [0, 0.1) is 6.92 Å². The van der Waals surface area contributed by atoms with Gasteiger partial charge in [0.1, 0.15) is 12.1 Å². The highest BCUT2D eigenvalue weighted by atomic mass is 32.1. The predicted octanol–water partition coefficient (Wildman–Crippen LogP) is 4.71. The van der Waals surface area contributed by atoms with Crippen molar-refractivity contribution in [1.82, 2.24) is 24.8 Å². The highest BCUT2D eigenvalue weighted by Gasteiger charge is 2.08. The van der Waals surface area contributed by atoms with Gasteiger partial charge in [0.15, 0.2) is 0 Å². The Bertz CT molecular complexity index is 1370. The van der Waals surface area contributed by atoms with Crippen LogP contribution < -0.4 is 5.32 Å². The number of imidazole rings is 1. The summed E-state index contributed by atoms with van der Waals surface area (Å²) in [4.78, 5) is 25.8. The number of carbonyl (C=O) groups excluding carboxylic acids is 1. The molecule has 3 heterocycles. The second-order valence-corrected chi connectivity index (χ2v) is 8.59. The standard InChI is InChI=1S/C25H21N5OS/c1-17-29-22(15-32-17)20-9-6-18(7-10-20)12-25(31)27-14-19-8-11-24(26-13-19)30-16-28-21-4-2-3-5-23(21)30/h2-11,13,15-16H,12,14H2,1H3,(H,27,31). The number of thiazole rings is 1. The molecule has 5 rings (SSSR count). The molecule has 5 aromatic rings. The van der Waals surface area contributed by atoms with E-state index in [9.17, 15) is 4.79 Å². The number of aryl methyl sites for hydroxylation is 1. The molecule has 1 N–H and O–H groups in total. The Labute approximate surface area is 189 Å². The minimum absolute atomic E-state index is 0.0214. The summed E-state index contributed by atoms with van der Waals surface area (Å²) in [5.41, 5.74) is 5.90. The van der Waals surface area contributed by atoms with E-state index < -0.39 is 0 Å². The molecule has 0 atom stereocenters. The lowest BCUT2D eigenvalue weighted by atomic mass is 10.1. The molecule has 7 heteroatoms. The van der Waals surface area contributed by atoms with Gasteiger partial charge >= 0.3 is 0 Å². The zero-order valence-corrected chi connectivity index (χ0v) is 18.3. The van der Waals surface area contributed by atoms with Crippen molar-refractivity contribution in [2.24, 2.45) is 0 Å². The molecule has 158 valence electrons.